The Bertz CT molecular complexity index is 527. The van der Waals surface area contributed by atoms with Gasteiger partial charge >= 0.3 is 0 Å². The number of aliphatic imine (C=N–C) groups is 1. The highest BCUT2D eigenvalue weighted by molar-refractivity contribution is 8.27. The lowest BCUT2D eigenvalue weighted by Gasteiger charge is -2.17. The average Bonchev–Trinajstić information content (AvgIpc) is 2.82. The number of nitrogens with zero attached hydrogens (tertiary/aromatic N) is 1. The van der Waals surface area contributed by atoms with Crippen molar-refractivity contribution in [1.29, 1.82) is 0 Å². The first-order chi connectivity index (χ1) is 9.33. The van der Waals surface area contributed by atoms with Gasteiger partial charge < -0.3 is 0 Å². The van der Waals surface area contributed by atoms with Crippen LogP contribution in [0.4, 0.5) is 0 Å². The Morgan fingerprint density at radius 1 is 1.11 bits per heavy atom. The first-order valence-electron chi connectivity index (χ1n) is 6.91. The summed E-state index contributed by atoms with van der Waals surface area (Å²) in [7, 11) is 0. The number of hydrogen-bond acceptors (Lipinski definition) is 3. The van der Waals surface area contributed by atoms with Gasteiger partial charge in [0.25, 0.3) is 0 Å². The van der Waals surface area contributed by atoms with Crippen molar-refractivity contribution in [1.82, 2.24) is 0 Å². The minimum absolute atomic E-state index is 0.101. The summed E-state index contributed by atoms with van der Waals surface area (Å²) in [5.41, 5.74) is 1.70. The van der Waals surface area contributed by atoms with Gasteiger partial charge in [0, 0.05) is 5.56 Å². The molecule has 0 amide bonds. The second kappa shape index (κ2) is 5.74. The van der Waals surface area contributed by atoms with E-state index < -0.39 is 0 Å². The van der Waals surface area contributed by atoms with Crippen LogP contribution in [-0.2, 0) is 4.79 Å². The van der Waals surface area contributed by atoms with E-state index in [2.05, 4.69) is 11.1 Å². The first kappa shape index (κ1) is 12.7. The van der Waals surface area contributed by atoms with Crippen molar-refractivity contribution in [2.75, 3.05) is 0 Å². The summed E-state index contributed by atoms with van der Waals surface area (Å²) in [6.45, 7) is 0. The molecule has 0 N–H and O–H groups in total. The first-order valence-corrected chi connectivity index (χ1v) is 7.73. The van der Waals surface area contributed by atoms with Gasteiger partial charge in [0.05, 0.1) is 0 Å². The molecule has 1 fully saturated rings. The number of carbonyl (C=O) groups is 1. The maximum absolute atomic E-state index is 12.0. The Labute approximate surface area is 118 Å². The van der Waals surface area contributed by atoms with Gasteiger partial charge in [-0.25, -0.2) is 4.99 Å². The van der Waals surface area contributed by atoms with Crippen LogP contribution in [0.2, 0.25) is 0 Å². The Kier molecular flexibility index (Phi) is 3.83. The maximum atomic E-state index is 12.0. The third-order valence-electron chi connectivity index (χ3n) is 3.68. The molecule has 0 atom stereocenters. The number of rotatable bonds is 2. The third kappa shape index (κ3) is 2.98. The molecule has 2 aliphatic rings. The van der Waals surface area contributed by atoms with Gasteiger partial charge in [0.15, 0.2) is 0 Å². The molecule has 98 valence electrons. The lowest BCUT2D eigenvalue weighted by atomic mass is 9.89. The molecular weight excluding hydrogens is 254 g/mol. The van der Waals surface area contributed by atoms with Gasteiger partial charge in [0.2, 0.25) is 5.12 Å². The fraction of sp³-hybridized carbons (Fsp3) is 0.375. The SMILES string of the molecule is O=C1SC(c2ccccc2)=N/C1=C\C1CCCCC1. The normalized spacial score (nSPS) is 22.8. The fourth-order valence-electron chi connectivity index (χ4n) is 2.65. The summed E-state index contributed by atoms with van der Waals surface area (Å²) < 4.78 is 0. The molecule has 0 unspecified atom stereocenters. The van der Waals surface area contributed by atoms with Gasteiger partial charge in [0.1, 0.15) is 10.7 Å². The molecular formula is C16H17NOS. The van der Waals surface area contributed by atoms with E-state index in [9.17, 15) is 4.79 Å². The summed E-state index contributed by atoms with van der Waals surface area (Å²) in [5.74, 6) is 0.548. The van der Waals surface area contributed by atoms with Gasteiger partial charge in [-0.2, -0.15) is 0 Å². The summed E-state index contributed by atoms with van der Waals surface area (Å²) >= 11 is 1.26. The van der Waals surface area contributed by atoms with Crippen molar-refractivity contribution >= 4 is 21.9 Å². The molecule has 1 aliphatic carbocycles. The highest BCUT2D eigenvalue weighted by atomic mass is 32.2. The van der Waals surface area contributed by atoms with Crippen molar-refractivity contribution < 1.29 is 4.79 Å². The van der Waals surface area contributed by atoms with Gasteiger partial charge in [-0.3, -0.25) is 4.79 Å². The highest BCUT2D eigenvalue weighted by Crippen LogP contribution is 2.31. The van der Waals surface area contributed by atoms with Crippen LogP contribution < -0.4 is 0 Å². The number of carbonyl (C=O) groups excluding carboxylic acids is 1. The second-order valence-corrected chi connectivity index (χ2v) is 6.08. The molecule has 1 aromatic carbocycles. The maximum Gasteiger partial charge on any atom is 0.243 e. The van der Waals surface area contributed by atoms with Gasteiger partial charge in [-0.15, -0.1) is 0 Å². The van der Waals surface area contributed by atoms with E-state index in [4.69, 9.17) is 0 Å². The Morgan fingerprint density at radius 3 is 2.58 bits per heavy atom. The molecule has 3 heteroatoms. The van der Waals surface area contributed by atoms with Crippen LogP contribution in [0.15, 0.2) is 47.1 Å². The molecule has 2 nitrogen and oxygen atoms in total. The van der Waals surface area contributed by atoms with Crippen molar-refractivity contribution in [2.24, 2.45) is 10.9 Å². The van der Waals surface area contributed by atoms with Crippen LogP contribution in [0.5, 0.6) is 0 Å². The Hall–Kier alpha value is -1.35. The zero-order chi connectivity index (χ0) is 13.1. The molecule has 0 aromatic heterocycles. The predicted molar refractivity (Wildman–Crippen MR) is 80.2 cm³/mol. The molecule has 0 spiro atoms. The average molecular weight is 271 g/mol. The topological polar surface area (TPSA) is 29.4 Å². The highest BCUT2D eigenvalue weighted by Gasteiger charge is 2.24. The van der Waals surface area contributed by atoms with Crippen LogP contribution in [0.3, 0.4) is 0 Å². The quantitative estimate of drug-likeness (QED) is 0.755. The zero-order valence-electron chi connectivity index (χ0n) is 10.8. The number of benzene rings is 1. The van der Waals surface area contributed by atoms with Crippen LogP contribution in [-0.4, -0.2) is 10.2 Å². The van der Waals surface area contributed by atoms with E-state index in [1.807, 2.05) is 30.3 Å². The van der Waals surface area contributed by atoms with E-state index >= 15 is 0 Å². The fourth-order valence-corrected chi connectivity index (χ4v) is 3.44. The van der Waals surface area contributed by atoms with Crippen LogP contribution >= 0.6 is 11.8 Å². The molecule has 1 saturated carbocycles. The van der Waals surface area contributed by atoms with E-state index in [-0.39, 0.29) is 5.12 Å². The predicted octanol–water partition coefficient (Wildman–Crippen LogP) is 4.17. The van der Waals surface area contributed by atoms with Crippen molar-refractivity contribution in [3.8, 4) is 0 Å². The number of allylic oxidation sites excluding steroid dienone is 1. The molecule has 3 rings (SSSR count). The monoisotopic (exact) mass is 271 g/mol. The summed E-state index contributed by atoms with van der Waals surface area (Å²) in [4.78, 5) is 16.5. The third-order valence-corrected chi connectivity index (χ3v) is 4.60. The minimum atomic E-state index is 0.101. The number of thioether (sulfide) groups is 1. The largest absolute Gasteiger partial charge is 0.279 e. The minimum Gasteiger partial charge on any atom is -0.279 e. The second-order valence-electron chi connectivity index (χ2n) is 5.12. The molecule has 1 heterocycles. The Morgan fingerprint density at radius 2 is 1.84 bits per heavy atom. The van der Waals surface area contributed by atoms with Crippen molar-refractivity contribution in [2.45, 2.75) is 32.1 Å². The van der Waals surface area contributed by atoms with Gasteiger partial charge in [-0.1, -0.05) is 55.7 Å². The Balaban J connectivity index is 1.81. The number of hydrogen-bond donors (Lipinski definition) is 0. The molecule has 19 heavy (non-hydrogen) atoms. The standard InChI is InChI=1S/C16H17NOS/c18-16-14(11-12-7-3-1-4-8-12)17-15(19-16)13-9-5-2-6-10-13/h2,5-6,9-12H,1,3-4,7-8H2/b14-11-. The molecule has 1 aromatic rings. The van der Waals surface area contributed by atoms with E-state index in [0.29, 0.717) is 11.6 Å². The molecule has 0 saturated heterocycles. The molecule has 0 bridgehead atoms. The van der Waals surface area contributed by atoms with E-state index in [1.54, 1.807) is 0 Å². The summed E-state index contributed by atoms with van der Waals surface area (Å²) in [6.07, 6.45) is 8.41. The van der Waals surface area contributed by atoms with E-state index in [1.165, 1.54) is 43.9 Å². The van der Waals surface area contributed by atoms with E-state index in [0.717, 1.165) is 10.6 Å². The zero-order valence-corrected chi connectivity index (χ0v) is 11.7. The van der Waals surface area contributed by atoms with Crippen LogP contribution in [0.25, 0.3) is 0 Å². The smallest absolute Gasteiger partial charge is 0.243 e. The van der Waals surface area contributed by atoms with Crippen LogP contribution in [0.1, 0.15) is 37.7 Å². The lowest BCUT2D eigenvalue weighted by Crippen LogP contribution is -2.04. The molecule has 0 radical (unpaired) electrons. The summed E-state index contributed by atoms with van der Waals surface area (Å²) in [5, 5.41) is 0.942. The van der Waals surface area contributed by atoms with Gasteiger partial charge in [-0.05, 0) is 30.5 Å². The van der Waals surface area contributed by atoms with Crippen molar-refractivity contribution in [3.63, 3.8) is 0 Å². The molecule has 1 aliphatic heterocycles. The van der Waals surface area contributed by atoms with Crippen molar-refractivity contribution in [3.05, 3.63) is 47.7 Å². The lowest BCUT2D eigenvalue weighted by molar-refractivity contribution is -0.107. The van der Waals surface area contributed by atoms with Crippen LogP contribution in [0, 0.1) is 5.92 Å². The summed E-state index contributed by atoms with van der Waals surface area (Å²) in [6, 6.07) is 9.94.